The topological polar surface area (TPSA) is 95.9 Å². The van der Waals surface area contributed by atoms with Crippen molar-refractivity contribution in [3.05, 3.63) is 24.3 Å². The maximum atomic E-state index is 12.5. The van der Waals surface area contributed by atoms with Gasteiger partial charge in [0.15, 0.2) is 0 Å². The molecule has 0 aliphatic rings. The van der Waals surface area contributed by atoms with Gasteiger partial charge in [-0.2, -0.15) is 0 Å². The summed E-state index contributed by atoms with van der Waals surface area (Å²) in [5.74, 6) is -0.0167. The Labute approximate surface area is 501 Å². The van der Waals surface area contributed by atoms with Crippen LogP contribution in [-0.4, -0.2) is 47.4 Å². The number of unbranched alkanes of at least 4 members (excludes halogenated alkanes) is 54. The highest BCUT2D eigenvalue weighted by molar-refractivity contribution is 5.76. The Hall–Kier alpha value is -1.66. The monoisotopic (exact) mass is 1130 g/mol. The first kappa shape index (κ1) is 78.3. The van der Waals surface area contributed by atoms with Crippen molar-refractivity contribution in [1.82, 2.24) is 5.32 Å². The fourth-order valence-corrected chi connectivity index (χ4v) is 11.7. The van der Waals surface area contributed by atoms with E-state index in [4.69, 9.17) is 4.74 Å². The van der Waals surface area contributed by atoms with Gasteiger partial charge in [0.1, 0.15) is 0 Å². The quantitative estimate of drug-likeness (QED) is 0.0320. The van der Waals surface area contributed by atoms with Gasteiger partial charge in [-0.3, -0.25) is 9.59 Å². The molecule has 0 fully saturated rings. The molecule has 0 heterocycles. The van der Waals surface area contributed by atoms with Crippen LogP contribution in [0.3, 0.4) is 0 Å². The summed E-state index contributed by atoms with van der Waals surface area (Å²) in [5, 5.41) is 23.4. The van der Waals surface area contributed by atoms with Gasteiger partial charge in [-0.15, -0.1) is 0 Å². The van der Waals surface area contributed by atoms with Crippen LogP contribution in [0, 0.1) is 0 Å². The zero-order chi connectivity index (χ0) is 57.8. The average molecular weight is 1130 g/mol. The molecule has 80 heavy (non-hydrogen) atoms. The Kier molecular flexibility index (Phi) is 68.4. The molecule has 0 spiro atoms. The summed E-state index contributed by atoms with van der Waals surface area (Å²) >= 11 is 0. The Morgan fingerprint density at radius 1 is 0.350 bits per heavy atom. The van der Waals surface area contributed by atoms with E-state index < -0.39 is 12.1 Å². The fraction of sp³-hybridized carbons (Fsp3) is 0.919. The summed E-state index contributed by atoms with van der Waals surface area (Å²) in [5.41, 5.74) is 0. The molecule has 3 N–H and O–H groups in total. The molecule has 474 valence electrons. The predicted octanol–water partition coefficient (Wildman–Crippen LogP) is 23.7. The SMILES string of the molecule is CCCCC/C=C\C/C=C\CCCCCCCCCC(=O)OCCCCCCCCCCCCCCCCCCCCCCCCCCCCCC(=O)NC(CO)C(O)CCCCCCCCCCCCCCCCCCCCC. The third kappa shape index (κ3) is 65.5. The maximum Gasteiger partial charge on any atom is 0.305 e. The third-order valence-electron chi connectivity index (χ3n) is 17.3. The van der Waals surface area contributed by atoms with Gasteiger partial charge in [0.05, 0.1) is 25.4 Å². The number of esters is 1. The summed E-state index contributed by atoms with van der Waals surface area (Å²) in [7, 11) is 0. The minimum Gasteiger partial charge on any atom is -0.466 e. The molecule has 0 bridgehead atoms. The van der Waals surface area contributed by atoms with Gasteiger partial charge in [-0.1, -0.05) is 366 Å². The minimum absolute atomic E-state index is 0.0112. The van der Waals surface area contributed by atoms with E-state index in [9.17, 15) is 19.8 Å². The van der Waals surface area contributed by atoms with Gasteiger partial charge in [0, 0.05) is 12.8 Å². The highest BCUT2D eigenvalue weighted by Crippen LogP contribution is 2.19. The van der Waals surface area contributed by atoms with Crippen LogP contribution >= 0.6 is 0 Å². The lowest BCUT2D eigenvalue weighted by Crippen LogP contribution is -2.45. The van der Waals surface area contributed by atoms with E-state index in [1.165, 1.54) is 327 Å². The van der Waals surface area contributed by atoms with Gasteiger partial charge in [-0.25, -0.2) is 0 Å². The van der Waals surface area contributed by atoms with Crippen molar-refractivity contribution in [2.45, 2.75) is 424 Å². The summed E-state index contributed by atoms with van der Waals surface area (Å²) < 4.78 is 5.50. The van der Waals surface area contributed by atoms with Crippen molar-refractivity contribution in [2.24, 2.45) is 0 Å². The van der Waals surface area contributed by atoms with E-state index >= 15 is 0 Å². The van der Waals surface area contributed by atoms with Gasteiger partial charge in [0.2, 0.25) is 5.91 Å². The number of hydrogen-bond donors (Lipinski definition) is 3. The van der Waals surface area contributed by atoms with Crippen LogP contribution in [0.15, 0.2) is 24.3 Å². The van der Waals surface area contributed by atoms with Crippen LogP contribution in [0.25, 0.3) is 0 Å². The highest BCUT2D eigenvalue weighted by atomic mass is 16.5. The first-order chi connectivity index (χ1) is 39.5. The number of ether oxygens (including phenoxy) is 1. The Balaban J connectivity index is 3.34. The second-order valence-corrected chi connectivity index (χ2v) is 25.3. The van der Waals surface area contributed by atoms with Gasteiger partial charge in [-0.05, 0) is 57.8 Å². The molecule has 1 amide bonds. The lowest BCUT2D eigenvalue weighted by atomic mass is 10.0. The van der Waals surface area contributed by atoms with Gasteiger partial charge >= 0.3 is 5.97 Å². The summed E-state index contributed by atoms with van der Waals surface area (Å²) in [6, 6.07) is -0.540. The smallest absolute Gasteiger partial charge is 0.305 e. The summed E-state index contributed by atoms with van der Waals surface area (Å²) in [4.78, 5) is 24.6. The number of amides is 1. The van der Waals surface area contributed by atoms with E-state index in [-0.39, 0.29) is 18.5 Å². The molecule has 0 radical (unpaired) electrons. The predicted molar refractivity (Wildman–Crippen MR) is 352 cm³/mol. The molecule has 6 nitrogen and oxygen atoms in total. The number of rotatable bonds is 69. The van der Waals surface area contributed by atoms with Crippen LogP contribution < -0.4 is 5.32 Å². The normalized spacial score (nSPS) is 12.6. The number of carbonyl (C=O) groups is 2. The van der Waals surface area contributed by atoms with Crippen LogP contribution in [0.2, 0.25) is 0 Å². The number of aliphatic hydroxyl groups is 2. The zero-order valence-corrected chi connectivity index (χ0v) is 54.3. The van der Waals surface area contributed by atoms with Crippen molar-refractivity contribution in [3.8, 4) is 0 Å². The minimum atomic E-state index is -0.663. The molecule has 0 aliphatic heterocycles. The number of hydrogen-bond acceptors (Lipinski definition) is 5. The van der Waals surface area contributed by atoms with E-state index in [0.717, 1.165) is 51.4 Å². The van der Waals surface area contributed by atoms with Crippen LogP contribution in [0.1, 0.15) is 412 Å². The van der Waals surface area contributed by atoms with Crippen LogP contribution in [0.5, 0.6) is 0 Å². The maximum absolute atomic E-state index is 12.5. The van der Waals surface area contributed by atoms with E-state index in [1.807, 2.05) is 0 Å². The van der Waals surface area contributed by atoms with E-state index in [1.54, 1.807) is 0 Å². The van der Waals surface area contributed by atoms with Crippen molar-refractivity contribution in [3.63, 3.8) is 0 Å². The Morgan fingerprint density at radius 2 is 0.625 bits per heavy atom. The zero-order valence-electron chi connectivity index (χ0n) is 54.3. The van der Waals surface area contributed by atoms with E-state index in [2.05, 4.69) is 43.5 Å². The number of allylic oxidation sites excluding steroid dienone is 4. The number of nitrogens with one attached hydrogen (secondary N) is 1. The van der Waals surface area contributed by atoms with Gasteiger partial charge < -0.3 is 20.3 Å². The van der Waals surface area contributed by atoms with Crippen molar-refractivity contribution >= 4 is 11.9 Å². The molecule has 2 unspecified atom stereocenters. The standard InChI is InChI=1S/C74H143NO5/c1-3-5-7-9-11-13-15-17-19-21-31-35-38-42-46-50-54-58-62-66-72(77)71(70-76)75-73(78)67-63-59-55-51-47-43-39-36-32-29-27-25-23-22-24-26-28-30-33-37-41-45-49-53-57-61-65-69-80-74(79)68-64-60-56-52-48-44-40-34-20-18-16-14-12-10-8-6-4-2/h12,14,18,20,71-72,76-77H,3-11,13,15-17,19,21-70H2,1-2H3,(H,75,78)/b14-12-,20-18-. The highest BCUT2D eigenvalue weighted by Gasteiger charge is 2.20. The lowest BCUT2D eigenvalue weighted by Gasteiger charge is -2.22. The molecule has 6 heteroatoms. The second-order valence-electron chi connectivity index (χ2n) is 25.3. The molecule has 0 rings (SSSR count). The van der Waals surface area contributed by atoms with Crippen LogP contribution in [-0.2, 0) is 14.3 Å². The fourth-order valence-electron chi connectivity index (χ4n) is 11.7. The summed E-state index contributed by atoms with van der Waals surface area (Å²) in [6.45, 7) is 4.97. The molecular formula is C74H143NO5. The van der Waals surface area contributed by atoms with Crippen LogP contribution in [0.4, 0.5) is 0 Å². The molecular weight excluding hydrogens is 983 g/mol. The first-order valence-electron chi connectivity index (χ1n) is 36.6. The molecule has 0 aromatic rings. The Bertz CT molecular complexity index is 1250. The average Bonchev–Trinajstić information content (AvgIpc) is 3.46. The number of aliphatic hydroxyl groups excluding tert-OH is 2. The third-order valence-corrected chi connectivity index (χ3v) is 17.3. The van der Waals surface area contributed by atoms with Gasteiger partial charge in [0.25, 0.3) is 0 Å². The number of carbonyl (C=O) groups excluding carboxylic acids is 2. The molecule has 2 atom stereocenters. The molecule has 0 saturated heterocycles. The molecule has 0 saturated carbocycles. The first-order valence-corrected chi connectivity index (χ1v) is 36.6. The molecule has 0 aromatic heterocycles. The molecule has 0 aliphatic carbocycles. The lowest BCUT2D eigenvalue weighted by molar-refractivity contribution is -0.143. The largest absolute Gasteiger partial charge is 0.466 e. The second kappa shape index (κ2) is 69.8. The van der Waals surface area contributed by atoms with Crippen molar-refractivity contribution in [1.29, 1.82) is 0 Å². The van der Waals surface area contributed by atoms with Crippen molar-refractivity contribution in [2.75, 3.05) is 13.2 Å². The molecule has 0 aromatic carbocycles. The van der Waals surface area contributed by atoms with Crippen molar-refractivity contribution < 1.29 is 24.5 Å². The van der Waals surface area contributed by atoms with E-state index in [0.29, 0.717) is 25.9 Å². The Morgan fingerprint density at radius 3 is 0.975 bits per heavy atom. The summed E-state index contributed by atoms with van der Waals surface area (Å²) in [6.07, 6.45) is 88.0.